The van der Waals surface area contributed by atoms with Crippen LogP contribution in [0.2, 0.25) is 0 Å². The average molecular weight is 375 g/mol. The Morgan fingerprint density at radius 1 is 1.19 bits per heavy atom. The van der Waals surface area contributed by atoms with Gasteiger partial charge in [0.2, 0.25) is 0 Å². The number of esters is 1. The highest BCUT2D eigenvalue weighted by Gasteiger charge is 2.06. The van der Waals surface area contributed by atoms with Gasteiger partial charge in [-0.15, -0.1) is 11.3 Å². The lowest BCUT2D eigenvalue weighted by molar-refractivity contribution is -0.137. The molecule has 2 rings (SSSR count). The second-order valence-electron chi connectivity index (χ2n) is 5.20. The highest BCUT2D eigenvalue weighted by molar-refractivity contribution is 7.12. The third-order valence-electron chi connectivity index (χ3n) is 3.43. The van der Waals surface area contributed by atoms with Gasteiger partial charge < -0.3 is 19.5 Å². The molecule has 0 saturated heterocycles. The maximum atomic E-state index is 11.8. The maximum Gasteiger partial charge on any atom is 0.330 e. The molecule has 7 heteroatoms. The van der Waals surface area contributed by atoms with Crippen LogP contribution in [0.4, 0.5) is 0 Å². The molecule has 1 aromatic carbocycles. The summed E-state index contributed by atoms with van der Waals surface area (Å²) < 4.78 is 15.5. The predicted octanol–water partition coefficient (Wildman–Crippen LogP) is 3.14. The Morgan fingerprint density at radius 3 is 2.73 bits per heavy atom. The highest BCUT2D eigenvalue weighted by atomic mass is 32.1. The first-order valence-corrected chi connectivity index (χ1v) is 8.90. The van der Waals surface area contributed by atoms with Crippen LogP contribution in [0.3, 0.4) is 0 Å². The van der Waals surface area contributed by atoms with Crippen molar-refractivity contribution < 1.29 is 23.8 Å². The topological polar surface area (TPSA) is 73.9 Å². The van der Waals surface area contributed by atoms with Gasteiger partial charge in [-0.25, -0.2) is 4.79 Å². The van der Waals surface area contributed by atoms with E-state index in [4.69, 9.17) is 14.2 Å². The lowest BCUT2D eigenvalue weighted by Gasteiger charge is -2.07. The second kappa shape index (κ2) is 10.2. The normalized spacial score (nSPS) is 10.5. The number of benzene rings is 1. The molecule has 0 radical (unpaired) electrons. The summed E-state index contributed by atoms with van der Waals surface area (Å²) in [6.45, 7) is 0.667. The van der Waals surface area contributed by atoms with Gasteiger partial charge in [0, 0.05) is 18.2 Å². The quantitative estimate of drug-likeness (QED) is 0.414. The van der Waals surface area contributed by atoms with Crippen molar-refractivity contribution in [3.05, 3.63) is 52.2 Å². The van der Waals surface area contributed by atoms with Gasteiger partial charge in [0.25, 0.3) is 5.91 Å². The lowest BCUT2D eigenvalue weighted by atomic mass is 10.1. The standard InChI is InChI=1S/C19H21NO5S/c1-23-15-7-8-16(24-2)14(13-15)6-9-18(21)25-11-4-10-20-19(22)17-5-3-12-26-17/h3,5-9,12-13H,4,10-11H2,1-2H3,(H,20,22)/b9-6+. The zero-order chi connectivity index (χ0) is 18.8. The monoisotopic (exact) mass is 375 g/mol. The molecule has 0 saturated carbocycles. The first-order chi connectivity index (χ1) is 12.6. The van der Waals surface area contributed by atoms with E-state index >= 15 is 0 Å². The van der Waals surface area contributed by atoms with E-state index in [-0.39, 0.29) is 12.5 Å². The number of hydrogen-bond acceptors (Lipinski definition) is 6. The Morgan fingerprint density at radius 2 is 2.04 bits per heavy atom. The van der Waals surface area contributed by atoms with Crippen molar-refractivity contribution in [1.82, 2.24) is 5.32 Å². The molecule has 0 bridgehead atoms. The fourth-order valence-corrected chi connectivity index (χ4v) is 2.76. The molecule has 1 aromatic heterocycles. The molecular weight excluding hydrogens is 354 g/mol. The smallest absolute Gasteiger partial charge is 0.330 e. The van der Waals surface area contributed by atoms with E-state index in [1.54, 1.807) is 44.6 Å². The van der Waals surface area contributed by atoms with Gasteiger partial charge in [0.1, 0.15) is 11.5 Å². The molecule has 0 fully saturated rings. The van der Waals surface area contributed by atoms with Crippen LogP contribution in [0.25, 0.3) is 6.08 Å². The molecule has 0 aliphatic rings. The van der Waals surface area contributed by atoms with E-state index in [9.17, 15) is 9.59 Å². The molecular formula is C19H21NO5S. The molecule has 0 aliphatic carbocycles. The molecule has 26 heavy (non-hydrogen) atoms. The minimum Gasteiger partial charge on any atom is -0.497 e. The number of ether oxygens (including phenoxy) is 3. The Labute approximate surface area is 156 Å². The molecule has 0 unspecified atom stereocenters. The summed E-state index contributed by atoms with van der Waals surface area (Å²) in [6, 6.07) is 8.89. The van der Waals surface area contributed by atoms with Crippen LogP contribution in [-0.4, -0.2) is 39.2 Å². The maximum absolute atomic E-state index is 11.8. The van der Waals surface area contributed by atoms with Gasteiger partial charge >= 0.3 is 5.97 Å². The summed E-state index contributed by atoms with van der Waals surface area (Å²) in [7, 11) is 3.13. The molecule has 1 N–H and O–H groups in total. The zero-order valence-electron chi connectivity index (χ0n) is 14.7. The number of thiophene rings is 1. The fourth-order valence-electron chi connectivity index (χ4n) is 2.12. The van der Waals surface area contributed by atoms with Gasteiger partial charge in [0.15, 0.2) is 0 Å². The summed E-state index contributed by atoms with van der Waals surface area (Å²) >= 11 is 1.38. The zero-order valence-corrected chi connectivity index (χ0v) is 15.5. The lowest BCUT2D eigenvalue weighted by Crippen LogP contribution is -2.24. The van der Waals surface area contributed by atoms with Crippen molar-refractivity contribution in [2.45, 2.75) is 6.42 Å². The third kappa shape index (κ3) is 5.93. The average Bonchev–Trinajstić information content (AvgIpc) is 3.20. The Kier molecular flexibility index (Phi) is 7.70. The highest BCUT2D eigenvalue weighted by Crippen LogP contribution is 2.25. The molecule has 6 nitrogen and oxygen atoms in total. The number of carbonyl (C=O) groups excluding carboxylic acids is 2. The van der Waals surface area contributed by atoms with Gasteiger partial charge in [-0.2, -0.15) is 0 Å². The van der Waals surface area contributed by atoms with Crippen LogP contribution >= 0.6 is 11.3 Å². The van der Waals surface area contributed by atoms with Gasteiger partial charge in [-0.3, -0.25) is 4.79 Å². The molecule has 0 aliphatic heterocycles. The van der Waals surface area contributed by atoms with Crippen LogP contribution in [0, 0.1) is 0 Å². The SMILES string of the molecule is COc1ccc(OC)c(/C=C/C(=O)OCCCNC(=O)c2cccs2)c1. The van der Waals surface area contributed by atoms with Crippen molar-refractivity contribution >= 4 is 29.3 Å². The Hall–Kier alpha value is -2.80. The molecule has 138 valence electrons. The minimum atomic E-state index is -0.459. The number of carbonyl (C=O) groups is 2. The van der Waals surface area contributed by atoms with Crippen molar-refractivity contribution in [3.63, 3.8) is 0 Å². The van der Waals surface area contributed by atoms with Gasteiger partial charge in [0.05, 0.1) is 25.7 Å². The van der Waals surface area contributed by atoms with Crippen molar-refractivity contribution in [2.75, 3.05) is 27.4 Å². The summed E-state index contributed by atoms with van der Waals surface area (Å²) in [4.78, 5) is 24.2. The van der Waals surface area contributed by atoms with E-state index in [0.29, 0.717) is 34.9 Å². The van der Waals surface area contributed by atoms with E-state index < -0.39 is 5.97 Å². The van der Waals surface area contributed by atoms with E-state index in [0.717, 1.165) is 0 Å². The number of amides is 1. The van der Waals surface area contributed by atoms with Crippen LogP contribution in [0.5, 0.6) is 11.5 Å². The third-order valence-corrected chi connectivity index (χ3v) is 4.30. The first kappa shape index (κ1) is 19.5. The summed E-state index contributed by atoms with van der Waals surface area (Å²) in [5.74, 6) is 0.724. The second-order valence-corrected chi connectivity index (χ2v) is 6.14. The molecule has 1 heterocycles. The number of hydrogen-bond donors (Lipinski definition) is 1. The van der Waals surface area contributed by atoms with E-state index in [1.807, 2.05) is 11.4 Å². The summed E-state index contributed by atoms with van der Waals surface area (Å²) in [6.07, 6.45) is 3.49. The van der Waals surface area contributed by atoms with Crippen LogP contribution in [0.1, 0.15) is 21.7 Å². The van der Waals surface area contributed by atoms with Crippen LogP contribution in [0.15, 0.2) is 41.8 Å². The van der Waals surface area contributed by atoms with E-state index in [1.165, 1.54) is 17.4 Å². The van der Waals surface area contributed by atoms with Crippen LogP contribution in [-0.2, 0) is 9.53 Å². The minimum absolute atomic E-state index is 0.114. The molecule has 0 spiro atoms. The van der Waals surface area contributed by atoms with Gasteiger partial charge in [-0.1, -0.05) is 6.07 Å². The largest absolute Gasteiger partial charge is 0.497 e. The fraction of sp³-hybridized carbons (Fsp3) is 0.263. The number of nitrogens with one attached hydrogen (secondary N) is 1. The number of rotatable bonds is 9. The van der Waals surface area contributed by atoms with Crippen LogP contribution < -0.4 is 14.8 Å². The van der Waals surface area contributed by atoms with Gasteiger partial charge in [-0.05, 0) is 42.1 Å². The molecule has 1 amide bonds. The molecule has 0 atom stereocenters. The van der Waals surface area contributed by atoms with Crippen molar-refractivity contribution in [3.8, 4) is 11.5 Å². The first-order valence-electron chi connectivity index (χ1n) is 8.02. The van der Waals surface area contributed by atoms with Crippen molar-refractivity contribution in [2.24, 2.45) is 0 Å². The Bertz CT molecular complexity index is 755. The number of methoxy groups -OCH3 is 2. The van der Waals surface area contributed by atoms with E-state index in [2.05, 4.69) is 5.32 Å². The molecule has 2 aromatic rings. The summed E-state index contributed by atoms with van der Waals surface area (Å²) in [5, 5.41) is 4.62. The Balaban J connectivity index is 1.73. The van der Waals surface area contributed by atoms with Crippen molar-refractivity contribution in [1.29, 1.82) is 0 Å². The summed E-state index contributed by atoms with van der Waals surface area (Å²) in [5.41, 5.74) is 0.715. The predicted molar refractivity (Wildman–Crippen MR) is 101 cm³/mol.